The Morgan fingerprint density at radius 1 is 1.14 bits per heavy atom. The average Bonchev–Trinajstić information content (AvgIpc) is 2.78. The highest BCUT2D eigenvalue weighted by Gasteiger charge is 2.53. The third kappa shape index (κ3) is 2.40. The zero-order chi connectivity index (χ0) is 15.9. The van der Waals surface area contributed by atoms with Crippen LogP contribution in [-0.4, -0.2) is 23.1 Å². The smallest absolute Gasteiger partial charge is 0.182 e. The number of fused-ring (bicyclic) bond motifs is 1. The molecule has 2 fully saturated rings. The van der Waals surface area contributed by atoms with E-state index in [1.54, 1.807) is 0 Å². The predicted octanol–water partition coefficient (Wildman–Crippen LogP) is 2.37. The molecule has 0 aromatic heterocycles. The molecule has 0 amide bonds. The lowest BCUT2D eigenvalue weighted by molar-refractivity contribution is -0.137. The van der Waals surface area contributed by atoms with Crippen LogP contribution < -0.4 is 0 Å². The monoisotopic (exact) mass is 300 g/mol. The first-order valence-electron chi connectivity index (χ1n) is 7.95. The van der Waals surface area contributed by atoms with Crippen LogP contribution in [-0.2, 0) is 19.2 Å². The van der Waals surface area contributed by atoms with Gasteiger partial charge in [-0.1, -0.05) is 6.92 Å². The molecule has 2 saturated carbocycles. The molecule has 3 atom stereocenters. The quantitative estimate of drug-likeness (QED) is 0.750. The van der Waals surface area contributed by atoms with Gasteiger partial charge in [-0.2, -0.15) is 0 Å². The van der Waals surface area contributed by atoms with Gasteiger partial charge in [0.2, 0.25) is 0 Å². The van der Waals surface area contributed by atoms with E-state index in [0.29, 0.717) is 37.7 Å². The van der Waals surface area contributed by atoms with Gasteiger partial charge in [0.1, 0.15) is 11.6 Å². The molecule has 0 radical (unpaired) electrons. The van der Waals surface area contributed by atoms with E-state index in [2.05, 4.69) is 0 Å². The average molecular weight is 300 g/mol. The highest BCUT2D eigenvalue weighted by Crippen LogP contribution is 2.52. The lowest BCUT2D eigenvalue weighted by Gasteiger charge is -2.39. The molecule has 0 N–H and O–H groups in total. The third-order valence-electron chi connectivity index (χ3n) is 5.68. The molecule has 0 aliphatic heterocycles. The Kier molecular flexibility index (Phi) is 3.71. The topological polar surface area (TPSA) is 68.3 Å². The predicted molar refractivity (Wildman–Crippen MR) is 80.0 cm³/mol. The van der Waals surface area contributed by atoms with E-state index >= 15 is 0 Å². The van der Waals surface area contributed by atoms with Gasteiger partial charge in [0, 0.05) is 29.7 Å². The van der Waals surface area contributed by atoms with Crippen LogP contribution in [0.4, 0.5) is 0 Å². The SMILES string of the molecule is C[C@]12CCC(=O)[C@@H](CCC3=CC(=O)C=CC3=O)[C@@H]1CCC2=O. The molecule has 4 heteroatoms. The molecular weight excluding hydrogens is 280 g/mol. The van der Waals surface area contributed by atoms with Crippen LogP contribution in [0.3, 0.4) is 0 Å². The number of carbonyl (C=O) groups excluding carboxylic acids is 4. The summed E-state index contributed by atoms with van der Waals surface area (Å²) in [5.74, 6) is 0.120. The summed E-state index contributed by atoms with van der Waals surface area (Å²) in [6.07, 6.45) is 7.38. The lowest BCUT2D eigenvalue weighted by Crippen LogP contribution is -2.42. The largest absolute Gasteiger partial charge is 0.299 e. The van der Waals surface area contributed by atoms with Gasteiger partial charge in [-0.15, -0.1) is 0 Å². The fraction of sp³-hybridized carbons (Fsp3) is 0.556. The first-order chi connectivity index (χ1) is 10.4. The van der Waals surface area contributed by atoms with Crippen molar-refractivity contribution in [1.29, 1.82) is 0 Å². The van der Waals surface area contributed by atoms with Crippen LogP contribution in [0.5, 0.6) is 0 Å². The minimum Gasteiger partial charge on any atom is -0.299 e. The first kappa shape index (κ1) is 15.1. The Bertz CT molecular complexity index is 625. The first-order valence-corrected chi connectivity index (χ1v) is 7.95. The summed E-state index contributed by atoms with van der Waals surface area (Å²) in [6.45, 7) is 1.99. The van der Waals surface area contributed by atoms with E-state index in [0.717, 1.165) is 6.42 Å². The number of allylic oxidation sites excluding steroid dienone is 4. The van der Waals surface area contributed by atoms with Crippen molar-refractivity contribution in [3.05, 3.63) is 23.8 Å². The second-order valence-corrected chi connectivity index (χ2v) is 6.87. The van der Waals surface area contributed by atoms with E-state index < -0.39 is 0 Å². The van der Waals surface area contributed by atoms with Gasteiger partial charge in [0.05, 0.1) is 0 Å². The normalized spacial score (nSPS) is 34.9. The van der Waals surface area contributed by atoms with Gasteiger partial charge in [0.25, 0.3) is 0 Å². The Balaban J connectivity index is 1.74. The van der Waals surface area contributed by atoms with Crippen molar-refractivity contribution in [3.8, 4) is 0 Å². The molecule has 3 aliphatic carbocycles. The Hall–Kier alpha value is -1.84. The second-order valence-electron chi connectivity index (χ2n) is 6.87. The van der Waals surface area contributed by atoms with Gasteiger partial charge in [-0.3, -0.25) is 19.2 Å². The van der Waals surface area contributed by atoms with Crippen molar-refractivity contribution < 1.29 is 19.2 Å². The van der Waals surface area contributed by atoms with E-state index in [-0.39, 0.29) is 40.4 Å². The van der Waals surface area contributed by atoms with Gasteiger partial charge < -0.3 is 0 Å². The second kappa shape index (κ2) is 5.41. The minimum atomic E-state index is -0.362. The fourth-order valence-corrected chi connectivity index (χ4v) is 4.28. The van der Waals surface area contributed by atoms with Crippen molar-refractivity contribution >= 4 is 23.1 Å². The number of hydrogen-bond acceptors (Lipinski definition) is 4. The summed E-state index contributed by atoms with van der Waals surface area (Å²) < 4.78 is 0. The summed E-state index contributed by atoms with van der Waals surface area (Å²) in [5, 5.41) is 0. The molecule has 0 unspecified atom stereocenters. The Morgan fingerprint density at radius 3 is 2.68 bits per heavy atom. The van der Waals surface area contributed by atoms with Crippen molar-refractivity contribution in [3.63, 3.8) is 0 Å². The summed E-state index contributed by atoms with van der Waals surface area (Å²) >= 11 is 0. The molecule has 0 saturated heterocycles. The van der Waals surface area contributed by atoms with Crippen molar-refractivity contribution in [2.75, 3.05) is 0 Å². The molecule has 3 rings (SSSR count). The van der Waals surface area contributed by atoms with Crippen molar-refractivity contribution in [2.24, 2.45) is 17.3 Å². The Morgan fingerprint density at radius 2 is 1.91 bits per heavy atom. The van der Waals surface area contributed by atoms with Crippen LogP contribution in [0.1, 0.15) is 45.4 Å². The van der Waals surface area contributed by atoms with E-state index in [4.69, 9.17) is 0 Å². The zero-order valence-corrected chi connectivity index (χ0v) is 12.8. The van der Waals surface area contributed by atoms with Crippen LogP contribution in [0.2, 0.25) is 0 Å². The van der Waals surface area contributed by atoms with Gasteiger partial charge >= 0.3 is 0 Å². The summed E-state index contributed by atoms with van der Waals surface area (Å²) in [5.41, 5.74) is 0.121. The van der Waals surface area contributed by atoms with E-state index in [9.17, 15) is 19.2 Å². The molecule has 0 aromatic rings. The molecule has 22 heavy (non-hydrogen) atoms. The molecule has 0 heterocycles. The molecule has 4 nitrogen and oxygen atoms in total. The third-order valence-corrected chi connectivity index (χ3v) is 5.68. The maximum Gasteiger partial charge on any atom is 0.182 e. The highest BCUT2D eigenvalue weighted by molar-refractivity contribution is 6.17. The molecule has 0 spiro atoms. The number of rotatable bonds is 3. The highest BCUT2D eigenvalue weighted by atomic mass is 16.1. The maximum atomic E-state index is 12.3. The number of ketones is 4. The fourth-order valence-electron chi connectivity index (χ4n) is 4.28. The summed E-state index contributed by atoms with van der Waals surface area (Å²) in [4.78, 5) is 47.6. The van der Waals surface area contributed by atoms with Gasteiger partial charge in [-0.25, -0.2) is 0 Å². The number of Topliss-reactive ketones (excluding diaryl/α,β-unsaturated/α-hetero) is 2. The van der Waals surface area contributed by atoms with E-state index in [1.807, 2.05) is 6.92 Å². The van der Waals surface area contributed by atoms with Crippen LogP contribution in [0, 0.1) is 17.3 Å². The van der Waals surface area contributed by atoms with E-state index in [1.165, 1.54) is 18.2 Å². The molecular formula is C18H20O4. The van der Waals surface area contributed by atoms with Crippen LogP contribution in [0.25, 0.3) is 0 Å². The number of carbonyl (C=O) groups is 4. The molecule has 3 aliphatic rings. The molecule has 0 aromatic carbocycles. The van der Waals surface area contributed by atoms with Crippen molar-refractivity contribution in [2.45, 2.75) is 45.4 Å². The lowest BCUT2D eigenvalue weighted by atomic mass is 9.62. The molecule has 0 bridgehead atoms. The zero-order valence-electron chi connectivity index (χ0n) is 12.8. The summed E-state index contributed by atoms with van der Waals surface area (Å²) in [6, 6.07) is 0. The van der Waals surface area contributed by atoms with Gasteiger partial charge in [-0.05, 0) is 49.8 Å². The summed E-state index contributed by atoms with van der Waals surface area (Å²) in [7, 11) is 0. The Labute approximate surface area is 129 Å². The number of hydrogen-bond donors (Lipinski definition) is 0. The molecule has 116 valence electrons. The van der Waals surface area contributed by atoms with Crippen LogP contribution in [0.15, 0.2) is 23.8 Å². The minimum absolute atomic E-state index is 0.104. The van der Waals surface area contributed by atoms with Gasteiger partial charge in [0.15, 0.2) is 11.6 Å². The van der Waals surface area contributed by atoms with Crippen molar-refractivity contribution in [1.82, 2.24) is 0 Å². The van der Waals surface area contributed by atoms with Crippen LogP contribution >= 0.6 is 0 Å². The maximum absolute atomic E-state index is 12.3. The standard InChI is InChI=1S/C18H20O4/c1-18-9-8-16(21)13(14(18)5-7-17(18)22)4-2-11-10-12(19)3-6-15(11)20/h3,6,10,13-14H,2,4-5,7-9H2,1H3/t13-,14-,18-/m0/s1.